The third-order valence-electron chi connectivity index (χ3n) is 2.78. The zero-order valence-electron chi connectivity index (χ0n) is 10.6. The summed E-state index contributed by atoms with van der Waals surface area (Å²) in [7, 11) is 0. The van der Waals surface area contributed by atoms with Crippen molar-refractivity contribution in [2.24, 2.45) is 0 Å². The van der Waals surface area contributed by atoms with Gasteiger partial charge in [-0.15, -0.1) is 13.2 Å². The van der Waals surface area contributed by atoms with Crippen molar-refractivity contribution in [1.82, 2.24) is 15.1 Å². The quantitative estimate of drug-likeness (QED) is 0.634. The molecule has 1 aromatic carbocycles. The van der Waals surface area contributed by atoms with Gasteiger partial charge < -0.3 is 10.6 Å². The van der Waals surface area contributed by atoms with Crippen LogP contribution in [0.2, 0.25) is 0 Å². The van der Waals surface area contributed by atoms with Crippen molar-refractivity contribution in [3.63, 3.8) is 0 Å². The van der Waals surface area contributed by atoms with E-state index in [1.165, 1.54) is 0 Å². The summed E-state index contributed by atoms with van der Waals surface area (Å²) in [5.74, 6) is -0.170. The van der Waals surface area contributed by atoms with E-state index in [2.05, 4.69) is 23.4 Å². The van der Waals surface area contributed by atoms with Crippen LogP contribution >= 0.6 is 0 Å². The van der Waals surface area contributed by atoms with E-state index in [0.717, 1.165) is 10.9 Å². The minimum Gasteiger partial charge on any atom is -0.399 e. The lowest BCUT2D eigenvalue weighted by atomic mass is 10.1. The fourth-order valence-electron chi connectivity index (χ4n) is 1.90. The van der Waals surface area contributed by atoms with E-state index in [1.807, 2.05) is 0 Å². The number of nitrogens with two attached hydrogens (primary N) is 1. The van der Waals surface area contributed by atoms with Gasteiger partial charge in [-0.3, -0.25) is 9.89 Å². The largest absolute Gasteiger partial charge is 0.399 e. The number of H-pyrrole nitrogens is 1. The van der Waals surface area contributed by atoms with Gasteiger partial charge in [0.1, 0.15) is 0 Å². The summed E-state index contributed by atoms with van der Waals surface area (Å²) >= 11 is 0. The molecule has 0 spiro atoms. The Morgan fingerprint density at radius 2 is 2.05 bits per heavy atom. The molecular weight excluding hydrogens is 240 g/mol. The number of nitrogen functional groups attached to an aromatic ring is 1. The second kappa shape index (κ2) is 5.39. The lowest BCUT2D eigenvalue weighted by Crippen LogP contribution is -2.31. The Kier molecular flexibility index (Phi) is 3.66. The fraction of sp³-hybridized carbons (Fsp3) is 0.143. The monoisotopic (exact) mass is 256 g/mol. The number of nitrogens with one attached hydrogen (secondary N) is 1. The summed E-state index contributed by atoms with van der Waals surface area (Å²) in [5.41, 5.74) is 7.50. The number of hydrogen-bond donors (Lipinski definition) is 2. The summed E-state index contributed by atoms with van der Waals surface area (Å²) in [5, 5.41) is 7.64. The van der Waals surface area contributed by atoms with E-state index < -0.39 is 0 Å². The number of carbonyl (C=O) groups is 1. The molecule has 19 heavy (non-hydrogen) atoms. The van der Waals surface area contributed by atoms with Gasteiger partial charge in [0, 0.05) is 24.2 Å². The van der Waals surface area contributed by atoms with Gasteiger partial charge in [0.05, 0.1) is 5.52 Å². The van der Waals surface area contributed by atoms with E-state index in [4.69, 9.17) is 5.73 Å². The van der Waals surface area contributed by atoms with Crippen LogP contribution in [-0.4, -0.2) is 34.1 Å². The number of aromatic nitrogens is 2. The first-order chi connectivity index (χ1) is 9.17. The topological polar surface area (TPSA) is 75.0 Å². The molecule has 0 aliphatic heterocycles. The SMILES string of the molecule is C=CCN(CC=C)C(=O)c1n[nH]c2ccc(N)cc12. The number of carbonyl (C=O) groups excluding carboxylic acids is 1. The molecule has 0 saturated carbocycles. The number of nitrogens with zero attached hydrogens (tertiary/aromatic N) is 2. The molecule has 5 heteroatoms. The molecule has 0 atom stereocenters. The van der Waals surface area contributed by atoms with Crippen LogP contribution in [0.4, 0.5) is 5.69 Å². The molecule has 0 fully saturated rings. The molecule has 2 rings (SSSR count). The first-order valence-electron chi connectivity index (χ1n) is 5.92. The zero-order chi connectivity index (χ0) is 13.8. The van der Waals surface area contributed by atoms with E-state index in [1.54, 1.807) is 35.3 Å². The highest BCUT2D eigenvalue weighted by atomic mass is 16.2. The molecule has 0 saturated heterocycles. The number of amides is 1. The van der Waals surface area contributed by atoms with E-state index in [9.17, 15) is 4.79 Å². The van der Waals surface area contributed by atoms with Gasteiger partial charge in [-0.05, 0) is 18.2 Å². The van der Waals surface area contributed by atoms with Crippen LogP contribution in [0, 0.1) is 0 Å². The Morgan fingerprint density at radius 1 is 1.37 bits per heavy atom. The maximum absolute atomic E-state index is 12.4. The van der Waals surface area contributed by atoms with Crippen molar-refractivity contribution in [3.05, 3.63) is 49.2 Å². The molecule has 0 aliphatic rings. The van der Waals surface area contributed by atoms with Crippen LogP contribution in [0.15, 0.2) is 43.5 Å². The number of benzene rings is 1. The van der Waals surface area contributed by atoms with Crippen LogP contribution in [0.5, 0.6) is 0 Å². The summed E-state index contributed by atoms with van der Waals surface area (Å²) in [6.45, 7) is 8.18. The second-order valence-electron chi connectivity index (χ2n) is 4.16. The molecule has 0 bridgehead atoms. The van der Waals surface area contributed by atoms with Crippen molar-refractivity contribution < 1.29 is 4.79 Å². The highest BCUT2D eigenvalue weighted by Crippen LogP contribution is 2.20. The van der Waals surface area contributed by atoms with Gasteiger partial charge in [-0.2, -0.15) is 5.10 Å². The molecule has 1 heterocycles. The molecule has 5 nitrogen and oxygen atoms in total. The van der Waals surface area contributed by atoms with Gasteiger partial charge >= 0.3 is 0 Å². The molecule has 3 N–H and O–H groups in total. The summed E-state index contributed by atoms with van der Waals surface area (Å²) in [6.07, 6.45) is 3.34. The van der Waals surface area contributed by atoms with Crippen molar-refractivity contribution >= 4 is 22.5 Å². The van der Waals surface area contributed by atoms with Crippen molar-refractivity contribution in [2.75, 3.05) is 18.8 Å². The van der Waals surface area contributed by atoms with Gasteiger partial charge in [-0.1, -0.05) is 12.2 Å². The molecule has 1 aromatic heterocycles. The van der Waals surface area contributed by atoms with Gasteiger partial charge in [0.2, 0.25) is 0 Å². The predicted molar refractivity (Wildman–Crippen MR) is 76.8 cm³/mol. The smallest absolute Gasteiger partial charge is 0.275 e. The minimum atomic E-state index is -0.170. The Hall–Kier alpha value is -2.56. The first-order valence-corrected chi connectivity index (χ1v) is 5.92. The number of hydrogen-bond acceptors (Lipinski definition) is 3. The standard InChI is InChI=1S/C14H16N4O/c1-3-7-18(8-4-2)14(19)13-11-9-10(15)5-6-12(11)16-17-13/h3-6,9H,1-2,7-8,15H2,(H,16,17). The van der Waals surface area contributed by atoms with Crippen LogP contribution in [0.25, 0.3) is 10.9 Å². The number of anilines is 1. The minimum absolute atomic E-state index is 0.170. The average molecular weight is 256 g/mol. The third-order valence-corrected chi connectivity index (χ3v) is 2.78. The number of fused-ring (bicyclic) bond motifs is 1. The van der Waals surface area contributed by atoms with Crippen molar-refractivity contribution in [1.29, 1.82) is 0 Å². The Labute approximate surface area is 111 Å². The molecule has 0 radical (unpaired) electrons. The Morgan fingerprint density at radius 3 is 2.68 bits per heavy atom. The van der Waals surface area contributed by atoms with Gasteiger partial charge in [-0.25, -0.2) is 0 Å². The fourth-order valence-corrected chi connectivity index (χ4v) is 1.90. The highest BCUT2D eigenvalue weighted by molar-refractivity contribution is 6.05. The number of aromatic amines is 1. The normalized spacial score (nSPS) is 10.3. The first kappa shape index (κ1) is 12.9. The van der Waals surface area contributed by atoms with E-state index in [-0.39, 0.29) is 5.91 Å². The molecule has 0 unspecified atom stereocenters. The van der Waals surface area contributed by atoms with Crippen molar-refractivity contribution in [2.45, 2.75) is 0 Å². The van der Waals surface area contributed by atoms with Gasteiger partial charge in [0.15, 0.2) is 5.69 Å². The number of rotatable bonds is 5. The van der Waals surface area contributed by atoms with Crippen LogP contribution in [-0.2, 0) is 0 Å². The van der Waals surface area contributed by atoms with Crippen LogP contribution in [0.3, 0.4) is 0 Å². The van der Waals surface area contributed by atoms with Gasteiger partial charge in [0.25, 0.3) is 5.91 Å². The molecule has 0 aliphatic carbocycles. The van der Waals surface area contributed by atoms with Crippen LogP contribution in [0.1, 0.15) is 10.5 Å². The molecule has 98 valence electrons. The van der Waals surface area contributed by atoms with Crippen molar-refractivity contribution in [3.8, 4) is 0 Å². The van der Waals surface area contributed by atoms with E-state index >= 15 is 0 Å². The summed E-state index contributed by atoms with van der Waals surface area (Å²) in [6, 6.07) is 5.31. The Balaban J connectivity index is 2.42. The molecule has 2 aromatic rings. The Bertz CT molecular complexity index is 619. The summed E-state index contributed by atoms with van der Waals surface area (Å²) in [4.78, 5) is 14.0. The lowest BCUT2D eigenvalue weighted by Gasteiger charge is -2.17. The third kappa shape index (κ3) is 2.49. The molecule has 1 amide bonds. The highest BCUT2D eigenvalue weighted by Gasteiger charge is 2.19. The maximum Gasteiger partial charge on any atom is 0.275 e. The summed E-state index contributed by atoms with van der Waals surface area (Å²) < 4.78 is 0. The molecular formula is C14H16N4O. The van der Waals surface area contributed by atoms with Crippen LogP contribution < -0.4 is 5.73 Å². The average Bonchev–Trinajstić information content (AvgIpc) is 2.80. The predicted octanol–water partition coefficient (Wildman–Crippen LogP) is 1.96. The second-order valence-corrected chi connectivity index (χ2v) is 4.16. The van der Waals surface area contributed by atoms with E-state index in [0.29, 0.717) is 24.5 Å². The zero-order valence-corrected chi connectivity index (χ0v) is 10.6. The maximum atomic E-state index is 12.4. The lowest BCUT2D eigenvalue weighted by molar-refractivity contribution is 0.0787.